The van der Waals surface area contributed by atoms with Gasteiger partial charge < -0.3 is 9.57 Å². The Kier molecular flexibility index (Phi) is 21.5. The molecule has 1 aliphatic rings. The molecule has 0 unspecified atom stereocenters. The quantitative estimate of drug-likeness (QED) is 0.0608. The molecule has 1 aliphatic heterocycles. The number of hydrogen-bond acceptors (Lipinski definition) is 6. The summed E-state index contributed by atoms with van der Waals surface area (Å²) in [6, 6.07) is 0. The van der Waals surface area contributed by atoms with E-state index in [0.29, 0.717) is 17.9 Å². The molecule has 0 aromatic rings. The number of hydroxylamine groups is 2. The second kappa shape index (κ2) is 23.9. The van der Waals surface area contributed by atoms with Gasteiger partial charge in [0, 0.05) is 19.3 Å². The minimum Gasteiger partial charge on any atom is -0.462 e. The Morgan fingerprint density at radius 3 is 1.49 bits per heavy atom. The van der Waals surface area contributed by atoms with Crippen LogP contribution in [0.15, 0.2) is 0 Å². The zero-order valence-electron chi connectivity index (χ0n) is 25.2. The van der Waals surface area contributed by atoms with Crippen molar-refractivity contribution in [1.82, 2.24) is 5.06 Å². The molecular weight excluding hydrogens is 494 g/mol. The minimum atomic E-state index is -0.706. The summed E-state index contributed by atoms with van der Waals surface area (Å²) in [4.78, 5) is 53.5. The first-order valence-corrected chi connectivity index (χ1v) is 16.2. The third-order valence-electron chi connectivity index (χ3n) is 7.51. The molecule has 226 valence electrons. The predicted molar refractivity (Wildman–Crippen MR) is 155 cm³/mol. The molecule has 1 rings (SSSR count). The van der Waals surface area contributed by atoms with Crippen LogP contribution in [0.25, 0.3) is 0 Å². The van der Waals surface area contributed by atoms with Crippen LogP contribution < -0.4 is 0 Å². The molecule has 1 heterocycles. The van der Waals surface area contributed by atoms with E-state index in [4.69, 9.17) is 9.57 Å². The van der Waals surface area contributed by atoms with Gasteiger partial charge in [0.15, 0.2) is 0 Å². The molecular formula is C32H57NO6. The fourth-order valence-corrected chi connectivity index (χ4v) is 5.05. The lowest BCUT2D eigenvalue weighted by Gasteiger charge is -2.19. The number of rotatable bonds is 26. The minimum absolute atomic E-state index is 0.0575. The highest BCUT2D eigenvalue weighted by atomic mass is 16.7. The van der Waals surface area contributed by atoms with Gasteiger partial charge in [0.25, 0.3) is 11.8 Å². The summed E-state index contributed by atoms with van der Waals surface area (Å²) in [7, 11) is 0. The second-order valence-electron chi connectivity index (χ2n) is 11.3. The molecule has 1 atom stereocenters. The topological polar surface area (TPSA) is 90.0 Å². The number of ether oxygens (including phenoxy) is 1. The molecule has 0 aromatic carbocycles. The fourth-order valence-electron chi connectivity index (χ4n) is 5.05. The first-order chi connectivity index (χ1) is 19.0. The number of esters is 1. The third-order valence-corrected chi connectivity index (χ3v) is 7.51. The Morgan fingerprint density at radius 2 is 1.03 bits per heavy atom. The fraction of sp³-hybridized carbons (Fsp3) is 0.875. The van der Waals surface area contributed by atoms with Crippen LogP contribution in [0.1, 0.15) is 174 Å². The number of carbonyl (C=O) groups excluding carboxylic acids is 4. The van der Waals surface area contributed by atoms with Crippen molar-refractivity contribution < 1.29 is 28.8 Å². The SMILES string of the molecule is CCCCCCCCCCCCCC(=O)O[C@@H](CCCCCCCCCCC)CC(=O)ON1C(=O)CCC1=O. The van der Waals surface area contributed by atoms with Crippen LogP contribution in [-0.2, 0) is 28.8 Å². The van der Waals surface area contributed by atoms with E-state index < -0.39 is 23.9 Å². The maximum absolute atomic E-state index is 12.5. The monoisotopic (exact) mass is 551 g/mol. The van der Waals surface area contributed by atoms with Crippen LogP contribution in [0.5, 0.6) is 0 Å². The van der Waals surface area contributed by atoms with Crippen molar-refractivity contribution >= 4 is 23.8 Å². The molecule has 0 saturated carbocycles. The van der Waals surface area contributed by atoms with Gasteiger partial charge in [0.1, 0.15) is 6.10 Å². The maximum atomic E-state index is 12.5. The molecule has 1 saturated heterocycles. The summed E-state index contributed by atoms with van der Waals surface area (Å²) in [6.07, 6.45) is 24.3. The molecule has 39 heavy (non-hydrogen) atoms. The van der Waals surface area contributed by atoms with Gasteiger partial charge in [-0.3, -0.25) is 14.4 Å². The van der Waals surface area contributed by atoms with Gasteiger partial charge in [0.2, 0.25) is 0 Å². The molecule has 0 N–H and O–H groups in total. The smallest absolute Gasteiger partial charge is 0.336 e. The van der Waals surface area contributed by atoms with Crippen molar-refractivity contribution in [3.05, 3.63) is 0 Å². The van der Waals surface area contributed by atoms with Crippen molar-refractivity contribution in [2.75, 3.05) is 0 Å². The van der Waals surface area contributed by atoms with Crippen molar-refractivity contribution in [3.63, 3.8) is 0 Å². The standard InChI is InChI=1S/C32H57NO6/c1-3-5-7-9-11-13-14-16-18-20-22-24-31(36)38-28(23-21-19-17-15-12-10-8-6-4-2)27-32(37)39-33-29(34)25-26-30(33)35/h28H,3-27H2,1-2H3/t28-/m0/s1. The lowest BCUT2D eigenvalue weighted by molar-refractivity contribution is -0.199. The molecule has 0 spiro atoms. The van der Waals surface area contributed by atoms with E-state index >= 15 is 0 Å². The van der Waals surface area contributed by atoms with Gasteiger partial charge in [-0.25, -0.2) is 4.79 Å². The van der Waals surface area contributed by atoms with Crippen LogP contribution in [0.3, 0.4) is 0 Å². The van der Waals surface area contributed by atoms with E-state index in [2.05, 4.69) is 13.8 Å². The van der Waals surface area contributed by atoms with Crippen LogP contribution >= 0.6 is 0 Å². The first kappa shape index (κ1) is 35.1. The third kappa shape index (κ3) is 18.9. The van der Waals surface area contributed by atoms with Gasteiger partial charge in [0.05, 0.1) is 6.42 Å². The lowest BCUT2D eigenvalue weighted by atomic mass is 10.0. The van der Waals surface area contributed by atoms with Crippen molar-refractivity contribution in [2.45, 2.75) is 180 Å². The predicted octanol–water partition coefficient (Wildman–Crippen LogP) is 8.52. The zero-order chi connectivity index (χ0) is 28.6. The highest BCUT2D eigenvalue weighted by molar-refractivity contribution is 6.01. The van der Waals surface area contributed by atoms with Crippen molar-refractivity contribution in [2.24, 2.45) is 0 Å². The molecule has 1 fully saturated rings. The Balaban J connectivity index is 2.30. The molecule has 0 aromatic heterocycles. The summed E-state index contributed by atoms with van der Waals surface area (Å²) >= 11 is 0. The van der Waals surface area contributed by atoms with Crippen LogP contribution in [0, 0.1) is 0 Å². The molecule has 7 heteroatoms. The maximum Gasteiger partial charge on any atom is 0.336 e. The highest BCUT2D eigenvalue weighted by Crippen LogP contribution is 2.18. The Bertz CT molecular complexity index is 664. The van der Waals surface area contributed by atoms with Gasteiger partial charge >= 0.3 is 11.9 Å². The van der Waals surface area contributed by atoms with E-state index in [9.17, 15) is 19.2 Å². The van der Waals surface area contributed by atoms with Crippen LogP contribution in [0.2, 0.25) is 0 Å². The molecule has 0 bridgehead atoms. The second-order valence-corrected chi connectivity index (χ2v) is 11.3. The number of amides is 2. The van der Waals surface area contributed by atoms with E-state index in [0.717, 1.165) is 38.5 Å². The van der Waals surface area contributed by atoms with Crippen molar-refractivity contribution in [1.29, 1.82) is 0 Å². The Labute approximate surface area is 238 Å². The van der Waals surface area contributed by atoms with E-state index in [1.165, 1.54) is 89.9 Å². The lowest BCUT2D eigenvalue weighted by Crippen LogP contribution is -2.34. The average Bonchev–Trinajstić information content (AvgIpc) is 3.22. The summed E-state index contributed by atoms with van der Waals surface area (Å²) in [5.41, 5.74) is 0. The molecule has 7 nitrogen and oxygen atoms in total. The Morgan fingerprint density at radius 1 is 0.615 bits per heavy atom. The van der Waals surface area contributed by atoms with Crippen LogP contribution in [0.4, 0.5) is 0 Å². The number of nitrogens with zero attached hydrogens (tertiary/aromatic N) is 1. The van der Waals surface area contributed by atoms with E-state index in [1.54, 1.807) is 0 Å². The van der Waals surface area contributed by atoms with Crippen LogP contribution in [-0.4, -0.2) is 34.9 Å². The van der Waals surface area contributed by atoms with Crippen molar-refractivity contribution in [3.8, 4) is 0 Å². The van der Waals surface area contributed by atoms with Gasteiger partial charge in [-0.2, -0.15) is 0 Å². The summed E-state index contributed by atoms with van der Waals surface area (Å²) in [6.45, 7) is 4.46. The number of carbonyl (C=O) groups is 4. The zero-order valence-corrected chi connectivity index (χ0v) is 25.2. The first-order valence-electron chi connectivity index (χ1n) is 16.2. The highest BCUT2D eigenvalue weighted by Gasteiger charge is 2.33. The normalized spacial score (nSPS) is 14.2. The molecule has 0 aliphatic carbocycles. The van der Waals surface area contributed by atoms with E-state index in [1.807, 2.05) is 0 Å². The molecule has 0 radical (unpaired) electrons. The summed E-state index contributed by atoms with van der Waals surface area (Å²) in [5, 5.41) is 0.560. The van der Waals surface area contributed by atoms with Gasteiger partial charge in [-0.1, -0.05) is 129 Å². The van der Waals surface area contributed by atoms with Gasteiger partial charge in [-0.05, 0) is 19.3 Å². The Hall–Kier alpha value is -1.92. The number of unbranched alkanes of at least 4 members (excludes halogenated alkanes) is 18. The summed E-state index contributed by atoms with van der Waals surface area (Å²) in [5.74, 6) is -2.00. The number of imide groups is 1. The van der Waals surface area contributed by atoms with E-state index in [-0.39, 0.29) is 25.2 Å². The average molecular weight is 552 g/mol. The van der Waals surface area contributed by atoms with Gasteiger partial charge in [-0.15, -0.1) is 5.06 Å². The number of hydrogen-bond donors (Lipinski definition) is 0. The largest absolute Gasteiger partial charge is 0.462 e. The molecule has 2 amide bonds. The summed E-state index contributed by atoms with van der Waals surface area (Å²) < 4.78 is 5.68.